The van der Waals surface area contributed by atoms with E-state index >= 15 is 0 Å². The van der Waals surface area contributed by atoms with Crippen LogP contribution in [0.5, 0.6) is 0 Å². The molecule has 0 saturated heterocycles. The van der Waals surface area contributed by atoms with Crippen LogP contribution in [0.4, 0.5) is 5.69 Å². The Morgan fingerprint density at radius 2 is 2.14 bits per heavy atom. The summed E-state index contributed by atoms with van der Waals surface area (Å²) >= 11 is 0. The van der Waals surface area contributed by atoms with Gasteiger partial charge in [0.15, 0.2) is 0 Å². The van der Waals surface area contributed by atoms with Crippen molar-refractivity contribution in [1.82, 2.24) is 0 Å². The maximum absolute atomic E-state index is 8.88. The van der Waals surface area contributed by atoms with Crippen molar-refractivity contribution in [1.29, 1.82) is 5.26 Å². The van der Waals surface area contributed by atoms with Gasteiger partial charge in [-0.3, -0.25) is 0 Å². The molecule has 0 aliphatic carbocycles. The van der Waals surface area contributed by atoms with Crippen LogP contribution >= 0.6 is 0 Å². The van der Waals surface area contributed by atoms with E-state index in [2.05, 4.69) is 18.0 Å². The summed E-state index contributed by atoms with van der Waals surface area (Å²) in [6.45, 7) is 7.62. The van der Waals surface area contributed by atoms with Crippen LogP contribution < -0.4 is 5.32 Å². The number of hydrogen-bond acceptors (Lipinski definition) is 2. The average Bonchev–Trinajstić information content (AvgIpc) is 2.16. The number of hydrogen-bond donors (Lipinski definition) is 1. The lowest BCUT2D eigenvalue weighted by atomic mass is 10.1. The van der Waals surface area contributed by atoms with Crippen molar-refractivity contribution in [2.75, 3.05) is 5.32 Å². The maximum Gasteiger partial charge on any atom is 0.135 e. The summed E-state index contributed by atoms with van der Waals surface area (Å²) in [4.78, 5) is 0. The predicted molar refractivity (Wildman–Crippen MR) is 59.0 cm³/mol. The maximum atomic E-state index is 8.88. The summed E-state index contributed by atoms with van der Waals surface area (Å²) in [6, 6.07) is 9.75. The van der Waals surface area contributed by atoms with Crippen LogP contribution in [-0.2, 0) is 0 Å². The van der Waals surface area contributed by atoms with Gasteiger partial charge in [-0.1, -0.05) is 24.8 Å². The molecule has 0 radical (unpaired) electrons. The minimum absolute atomic E-state index is 0.309. The molecule has 0 spiro atoms. The summed E-state index contributed by atoms with van der Waals surface area (Å²) in [7, 11) is 0. The molecule has 1 atom stereocenters. The Morgan fingerprint density at radius 3 is 2.64 bits per heavy atom. The quantitative estimate of drug-likeness (QED) is 0.737. The van der Waals surface area contributed by atoms with Crippen LogP contribution in [0, 0.1) is 18.3 Å². The third-order valence-electron chi connectivity index (χ3n) is 2.07. The standard InChI is InChI=1S/C12H14N2/c1-9(2)12(8-13)14-11-7-5-4-6-10(11)3/h4-7,12,14H,1H2,2-3H3. The van der Waals surface area contributed by atoms with Gasteiger partial charge < -0.3 is 5.32 Å². The number of nitrogens with zero attached hydrogens (tertiary/aromatic N) is 1. The monoisotopic (exact) mass is 186 g/mol. The van der Waals surface area contributed by atoms with Gasteiger partial charge in [0.2, 0.25) is 0 Å². The van der Waals surface area contributed by atoms with Crippen LogP contribution in [0.2, 0.25) is 0 Å². The molecule has 0 aliphatic heterocycles. The van der Waals surface area contributed by atoms with Gasteiger partial charge in [-0.2, -0.15) is 5.26 Å². The molecule has 2 heteroatoms. The van der Waals surface area contributed by atoms with E-state index in [1.54, 1.807) is 0 Å². The van der Waals surface area contributed by atoms with Gasteiger partial charge in [0.05, 0.1) is 6.07 Å². The van der Waals surface area contributed by atoms with Gasteiger partial charge in [0, 0.05) is 5.69 Å². The molecule has 2 nitrogen and oxygen atoms in total. The second-order valence-electron chi connectivity index (χ2n) is 3.37. The van der Waals surface area contributed by atoms with E-state index in [1.165, 1.54) is 0 Å². The summed E-state index contributed by atoms with van der Waals surface area (Å²) in [5, 5.41) is 12.0. The Labute approximate surface area is 84.9 Å². The molecule has 1 rings (SSSR count). The number of rotatable bonds is 3. The van der Waals surface area contributed by atoms with E-state index in [4.69, 9.17) is 5.26 Å². The Hall–Kier alpha value is -1.75. The number of para-hydroxylation sites is 1. The van der Waals surface area contributed by atoms with Gasteiger partial charge in [0.25, 0.3) is 0 Å². The molecule has 1 unspecified atom stereocenters. The number of nitriles is 1. The SMILES string of the molecule is C=C(C)C(C#N)Nc1ccccc1C. The summed E-state index contributed by atoms with van der Waals surface area (Å²) in [6.07, 6.45) is 0. The number of aryl methyl sites for hydroxylation is 1. The van der Waals surface area contributed by atoms with E-state index in [0.29, 0.717) is 0 Å². The number of benzene rings is 1. The fourth-order valence-corrected chi connectivity index (χ4v) is 1.16. The zero-order chi connectivity index (χ0) is 10.6. The largest absolute Gasteiger partial charge is 0.366 e. The van der Waals surface area contributed by atoms with Crippen LogP contribution in [-0.4, -0.2) is 6.04 Å². The van der Waals surface area contributed by atoms with Crippen LogP contribution in [0.25, 0.3) is 0 Å². The van der Waals surface area contributed by atoms with Crippen molar-refractivity contribution < 1.29 is 0 Å². The Balaban J connectivity index is 2.84. The fourth-order valence-electron chi connectivity index (χ4n) is 1.16. The van der Waals surface area contributed by atoms with Crippen molar-refractivity contribution >= 4 is 5.69 Å². The lowest BCUT2D eigenvalue weighted by Gasteiger charge is -2.14. The summed E-state index contributed by atoms with van der Waals surface area (Å²) < 4.78 is 0. The first-order valence-electron chi connectivity index (χ1n) is 4.52. The minimum atomic E-state index is -0.309. The van der Waals surface area contributed by atoms with E-state index in [0.717, 1.165) is 16.8 Å². The smallest absolute Gasteiger partial charge is 0.135 e. The molecule has 72 valence electrons. The zero-order valence-corrected chi connectivity index (χ0v) is 8.54. The van der Waals surface area contributed by atoms with E-state index < -0.39 is 0 Å². The molecule has 0 amide bonds. The second kappa shape index (κ2) is 4.48. The van der Waals surface area contributed by atoms with E-state index in [9.17, 15) is 0 Å². The van der Waals surface area contributed by atoms with Crippen LogP contribution in [0.1, 0.15) is 12.5 Å². The van der Waals surface area contributed by atoms with E-state index in [1.807, 2.05) is 38.1 Å². The van der Waals surface area contributed by atoms with Crippen molar-refractivity contribution in [3.8, 4) is 6.07 Å². The molecule has 0 aromatic heterocycles. The number of anilines is 1. The molecule has 0 aliphatic rings. The Kier molecular flexibility index (Phi) is 3.30. The zero-order valence-electron chi connectivity index (χ0n) is 8.54. The molecular weight excluding hydrogens is 172 g/mol. The van der Waals surface area contributed by atoms with Crippen LogP contribution in [0.3, 0.4) is 0 Å². The topological polar surface area (TPSA) is 35.8 Å². The highest BCUT2D eigenvalue weighted by Crippen LogP contribution is 2.15. The summed E-state index contributed by atoms with van der Waals surface area (Å²) in [5.41, 5.74) is 2.95. The van der Waals surface area contributed by atoms with Crippen molar-refractivity contribution in [3.05, 3.63) is 42.0 Å². The molecular formula is C12H14N2. The molecule has 1 aromatic carbocycles. The average molecular weight is 186 g/mol. The summed E-state index contributed by atoms with van der Waals surface area (Å²) in [5.74, 6) is 0. The predicted octanol–water partition coefficient (Wildman–Crippen LogP) is 2.88. The first kappa shape index (κ1) is 10.3. The third kappa shape index (κ3) is 2.37. The Morgan fingerprint density at radius 1 is 1.50 bits per heavy atom. The number of nitrogens with one attached hydrogen (secondary N) is 1. The minimum Gasteiger partial charge on any atom is -0.366 e. The van der Waals surface area contributed by atoms with Gasteiger partial charge in [0.1, 0.15) is 6.04 Å². The first-order valence-corrected chi connectivity index (χ1v) is 4.52. The van der Waals surface area contributed by atoms with Gasteiger partial charge >= 0.3 is 0 Å². The molecule has 1 N–H and O–H groups in total. The lowest BCUT2D eigenvalue weighted by Crippen LogP contribution is -2.18. The van der Waals surface area contributed by atoms with E-state index in [-0.39, 0.29) is 6.04 Å². The molecule has 0 bridgehead atoms. The molecule has 14 heavy (non-hydrogen) atoms. The molecule has 0 heterocycles. The van der Waals surface area contributed by atoms with Crippen molar-refractivity contribution in [3.63, 3.8) is 0 Å². The van der Waals surface area contributed by atoms with Crippen molar-refractivity contribution in [2.24, 2.45) is 0 Å². The lowest BCUT2D eigenvalue weighted by molar-refractivity contribution is 1.03. The van der Waals surface area contributed by atoms with Crippen LogP contribution in [0.15, 0.2) is 36.4 Å². The van der Waals surface area contributed by atoms with Crippen molar-refractivity contribution in [2.45, 2.75) is 19.9 Å². The molecule has 1 aromatic rings. The molecule has 0 fully saturated rings. The highest BCUT2D eigenvalue weighted by Gasteiger charge is 2.07. The van der Waals surface area contributed by atoms with Gasteiger partial charge in [-0.05, 0) is 31.1 Å². The van der Waals surface area contributed by atoms with Gasteiger partial charge in [-0.25, -0.2) is 0 Å². The highest BCUT2D eigenvalue weighted by atomic mass is 14.9. The first-order chi connectivity index (χ1) is 6.65. The second-order valence-corrected chi connectivity index (χ2v) is 3.37. The molecule has 0 saturated carbocycles. The Bertz CT molecular complexity index is 374. The highest BCUT2D eigenvalue weighted by molar-refractivity contribution is 5.53. The fraction of sp³-hybridized carbons (Fsp3) is 0.250. The normalized spacial score (nSPS) is 11.5. The van der Waals surface area contributed by atoms with Gasteiger partial charge in [-0.15, -0.1) is 0 Å². The third-order valence-corrected chi connectivity index (χ3v) is 2.07.